The Balaban J connectivity index is 1.94. The van der Waals surface area contributed by atoms with E-state index in [0.29, 0.717) is 12.3 Å². The van der Waals surface area contributed by atoms with E-state index in [1.807, 2.05) is 24.5 Å². The topological polar surface area (TPSA) is 53.1 Å². The van der Waals surface area contributed by atoms with Crippen molar-refractivity contribution in [2.75, 3.05) is 12.8 Å². The van der Waals surface area contributed by atoms with Crippen molar-refractivity contribution in [3.8, 4) is 11.8 Å². The van der Waals surface area contributed by atoms with Crippen molar-refractivity contribution < 1.29 is 9.53 Å². The molecule has 5 heteroatoms. The maximum Gasteiger partial charge on any atom is 0.416 e. The second-order valence-corrected chi connectivity index (χ2v) is 4.22. The van der Waals surface area contributed by atoms with Gasteiger partial charge in [0.2, 0.25) is 0 Å². The highest BCUT2D eigenvalue weighted by Gasteiger charge is 2.40. The fourth-order valence-corrected chi connectivity index (χ4v) is 1.66. The van der Waals surface area contributed by atoms with Gasteiger partial charge in [-0.3, -0.25) is 4.90 Å². The lowest BCUT2D eigenvalue weighted by atomic mass is 10.3. The molecule has 0 bridgehead atoms. The van der Waals surface area contributed by atoms with Gasteiger partial charge in [0.05, 0.1) is 12.6 Å². The fourth-order valence-electron chi connectivity index (χ4n) is 1.25. The van der Waals surface area contributed by atoms with Gasteiger partial charge in [0.15, 0.2) is 0 Å². The van der Waals surface area contributed by atoms with Gasteiger partial charge in [0, 0.05) is 4.90 Å². The van der Waals surface area contributed by atoms with Crippen LogP contribution in [0.15, 0.2) is 29.2 Å². The van der Waals surface area contributed by atoms with Crippen LogP contribution in [0.25, 0.3) is 0 Å². The lowest BCUT2D eigenvalue weighted by molar-refractivity contribution is 0.184. The van der Waals surface area contributed by atoms with Crippen LogP contribution in [0.5, 0.6) is 5.75 Å². The molecule has 0 radical (unpaired) electrons. The van der Waals surface area contributed by atoms with Gasteiger partial charge in [0.1, 0.15) is 11.8 Å². The summed E-state index contributed by atoms with van der Waals surface area (Å²) in [7, 11) is 0. The Morgan fingerprint density at radius 2 is 2.25 bits per heavy atom. The van der Waals surface area contributed by atoms with Crippen molar-refractivity contribution in [3.05, 3.63) is 24.3 Å². The molecule has 82 valence electrons. The van der Waals surface area contributed by atoms with Gasteiger partial charge >= 0.3 is 6.09 Å². The Kier molecular flexibility index (Phi) is 3.02. The summed E-state index contributed by atoms with van der Waals surface area (Å²) in [6.45, 7) is 0.470. The third kappa shape index (κ3) is 2.28. The average Bonchev–Trinajstić information content (AvgIpc) is 3.09. The number of thioether (sulfide) groups is 1. The summed E-state index contributed by atoms with van der Waals surface area (Å²) < 4.78 is 5.10. The highest BCUT2D eigenvalue weighted by Crippen LogP contribution is 2.22. The van der Waals surface area contributed by atoms with Crippen molar-refractivity contribution >= 4 is 17.9 Å². The zero-order valence-electron chi connectivity index (χ0n) is 8.71. The molecule has 2 rings (SSSR count). The number of rotatable bonds is 2. The van der Waals surface area contributed by atoms with E-state index in [1.54, 1.807) is 23.9 Å². The lowest BCUT2D eigenvalue weighted by Gasteiger charge is -2.04. The first-order valence-corrected chi connectivity index (χ1v) is 5.99. The van der Waals surface area contributed by atoms with Crippen LogP contribution in [-0.2, 0) is 0 Å². The van der Waals surface area contributed by atoms with Gasteiger partial charge < -0.3 is 4.74 Å². The summed E-state index contributed by atoms with van der Waals surface area (Å²) in [5.74, 6) is 0.506. The first kappa shape index (κ1) is 10.8. The van der Waals surface area contributed by atoms with Crippen LogP contribution in [0.4, 0.5) is 4.79 Å². The van der Waals surface area contributed by atoms with E-state index in [0.717, 1.165) is 4.90 Å². The molecule has 4 nitrogen and oxygen atoms in total. The van der Waals surface area contributed by atoms with Gasteiger partial charge in [-0.2, -0.15) is 5.26 Å². The molecular formula is C11H10N2O2S. The fraction of sp³-hybridized carbons (Fsp3) is 0.273. The summed E-state index contributed by atoms with van der Waals surface area (Å²) in [5, 5.41) is 8.56. The summed E-state index contributed by atoms with van der Waals surface area (Å²) in [6.07, 6.45) is 1.53. The van der Waals surface area contributed by atoms with Gasteiger partial charge in [-0.15, -0.1) is 11.8 Å². The van der Waals surface area contributed by atoms with E-state index in [9.17, 15) is 4.79 Å². The number of nitriles is 1. The number of hydrogen-bond acceptors (Lipinski definition) is 4. The van der Waals surface area contributed by atoms with Crippen molar-refractivity contribution in [3.63, 3.8) is 0 Å². The Morgan fingerprint density at radius 1 is 1.56 bits per heavy atom. The van der Waals surface area contributed by atoms with Crippen LogP contribution >= 0.6 is 11.8 Å². The van der Waals surface area contributed by atoms with Crippen LogP contribution in [0.1, 0.15) is 0 Å². The predicted octanol–water partition coefficient (Wildman–Crippen LogP) is 2.12. The zero-order chi connectivity index (χ0) is 11.5. The summed E-state index contributed by atoms with van der Waals surface area (Å²) in [4.78, 5) is 13.9. The summed E-state index contributed by atoms with van der Waals surface area (Å²) in [5.41, 5.74) is 0. The molecule has 1 aliphatic rings. The molecule has 0 aromatic heterocycles. The second-order valence-electron chi connectivity index (χ2n) is 3.34. The van der Waals surface area contributed by atoms with Gasteiger partial charge in [-0.1, -0.05) is 0 Å². The largest absolute Gasteiger partial charge is 0.416 e. The highest BCUT2D eigenvalue weighted by molar-refractivity contribution is 7.98. The number of amides is 1. The zero-order valence-corrected chi connectivity index (χ0v) is 9.53. The van der Waals surface area contributed by atoms with Crippen LogP contribution < -0.4 is 4.74 Å². The molecule has 1 amide bonds. The molecule has 1 aromatic rings. The van der Waals surface area contributed by atoms with Crippen LogP contribution in [0, 0.1) is 11.3 Å². The first-order chi connectivity index (χ1) is 7.74. The van der Waals surface area contributed by atoms with Crippen LogP contribution in [0.3, 0.4) is 0 Å². The van der Waals surface area contributed by atoms with E-state index in [4.69, 9.17) is 10.00 Å². The minimum atomic E-state index is -0.455. The normalized spacial score (nSPS) is 17.8. The smallest absolute Gasteiger partial charge is 0.410 e. The summed E-state index contributed by atoms with van der Waals surface area (Å²) in [6, 6.07) is 8.95. The van der Waals surface area contributed by atoms with Gasteiger partial charge in [-0.25, -0.2) is 4.79 Å². The number of carbonyl (C=O) groups is 1. The minimum Gasteiger partial charge on any atom is -0.410 e. The minimum absolute atomic E-state index is 0.307. The molecule has 1 unspecified atom stereocenters. The van der Waals surface area contributed by atoms with Gasteiger partial charge in [0.25, 0.3) is 0 Å². The van der Waals surface area contributed by atoms with Crippen LogP contribution in [-0.4, -0.2) is 29.8 Å². The Labute approximate surface area is 97.8 Å². The highest BCUT2D eigenvalue weighted by atomic mass is 32.2. The maximum atomic E-state index is 11.4. The average molecular weight is 234 g/mol. The number of hydrogen-bond donors (Lipinski definition) is 0. The second kappa shape index (κ2) is 4.45. The molecule has 1 fully saturated rings. The number of benzene rings is 1. The van der Waals surface area contributed by atoms with E-state index in [1.165, 1.54) is 4.90 Å². The standard InChI is InChI=1S/C11H10N2O2S/c1-16-10-4-2-9(3-5-10)15-11(14)13-7-8(13)6-12/h2-5,8H,7H2,1H3. The van der Waals surface area contributed by atoms with E-state index < -0.39 is 6.09 Å². The first-order valence-electron chi connectivity index (χ1n) is 4.76. The maximum absolute atomic E-state index is 11.4. The number of ether oxygens (including phenoxy) is 1. The molecule has 0 spiro atoms. The predicted molar refractivity (Wildman–Crippen MR) is 60.4 cm³/mol. The molecule has 0 saturated carbocycles. The summed E-state index contributed by atoms with van der Waals surface area (Å²) >= 11 is 1.63. The monoisotopic (exact) mass is 234 g/mol. The Hall–Kier alpha value is -1.67. The van der Waals surface area contributed by atoms with E-state index in [2.05, 4.69) is 0 Å². The Bertz CT molecular complexity index is 438. The Morgan fingerprint density at radius 3 is 2.75 bits per heavy atom. The van der Waals surface area contributed by atoms with Gasteiger partial charge in [-0.05, 0) is 30.5 Å². The van der Waals surface area contributed by atoms with Crippen molar-refractivity contribution in [1.82, 2.24) is 4.90 Å². The van der Waals surface area contributed by atoms with Crippen molar-refractivity contribution in [2.45, 2.75) is 10.9 Å². The number of carbonyl (C=O) groups excluding carboxylic acids is 1. The molecule has 0 aliphatic carbocycles. The quantitative estimate of drug-likeness (QED) is 0.581. The number of nitrogens with zero attached hydrogens (tertiary/aromatic N) is 2. The lowest BCUT2D eigenvalue weighted by Crippen LogP contribution is -2.17. The molecule has 1 saturated heterocycles. The third-order valence-corrected chi connectivity index (χ3v) is 3.00. The molecule has 16 heavy (non-hydrogen) atoms. The van der Waals surface area contributed by atoms with Crippen molar-refractivity contribution in [2.24, 2.45) is 0 Å². The molecule has 1 aromatic carbocycles. The van der Waals surface area contributed by atoms with Crippen LogP contribution in [0.2, 0.25) is 0 Å². The molecular weight excluding hydrogens is 224 g/mol. The molecule has 0 N–H and O–H groups in total. The molecule has 1 aliphatic heterocycles. The SMILES string of the molecule is CSc1ccc(OC(=O)N2CC2C#N)cc1. The molecule has 1 heterocycles. The van der Waals surface area contributed by atoms with Crippen molar-refractivity contribution in [1.29, 1.82) is 5.26 Å². The molecule has 1 atom stereocenters. The third-order valence-electron chi connectivity index (χ3n) is 2.26. The van der Waals surface area contributed by atoms with E-state index >= 15 is 0 Å². The van der Waals surface area contributed by atoms with E-state index in [-0.39, 0.29) is 6.04 Å².